The van der Waals surface area contributed by atoms with Crippen molar-refractivity contribution >= 4 is 44.7 Å². The van der Waals surface area contributed by atoms with Gasteiger partial charge in [0.05, 0.1) is 20.9 Å². The van der Waals surface area contributed by atoms with E-state index >= 15 is 0 Å². The molecular weight excluding hydrogens is 399 g/mol. The fourth-order valence-electron chi connectivity index (χ4n) is 1.83. The first-order valence-electron chi connectivity index (χ1n) is 6.36. The predicted octanol–water partition coefficient (Wildman–Crippen LogP) is 3.89. The molecule has 0 unspecified atom stereocenters. The van der Waals surface area contributed by atoms with E-state index in [0.29, 0.717) is 0 Å². The summed E-state index contributed by atoms with van der Waals surface area (Å²) in [6, 6.07) is 4.88. The standard InChI is InChI=1S/C13H8Cl2N2O7S/c1-7-2-3-8(4-11(7)16(18)19)25(22,23)24-13-6-12(17(20)21)9(14)5-10(13)15/h2-6H,1H3. The van der Waals surface area contributed by atoms with Crippen molar-refractivity contribution in [2.24, 2.45) is 0 Å². The van der Waals surface area contributed by atoms with Crippen molar-refractivity contribution in [3.63, 3.8) is 0 Å². The highest BCUT2D eigenvalue weighted by molar-refractivity contribution is 7.87. The fraction of sp³-hybridized carbons (Fsp3) is 0.0769. The molecule has 0 aliphatic heterocycles. The zero-order chi connectivity index (χ0) is 18.9. The lowest BCUT2D eigenvalue weighted by Gasteiger charge is -2.09. The monoisotopic (exact) mass is 406 g/mol. The molecule has 25 heavy (non-hydrogen) atoms. The van der Waals surface area contributed by atoms with Gasteiger partial charge in [0.25, 0.3) is 11.4 Å². The normalized spacial score (nSPS) is 11.2. The number of nitro groups is 2. The lowest BCUT2D eigenvalue weighted by molar-refractivity contribution is -0.385. The summed E-state index contributed by atoms with van der Waals surface area (Å²) in [5.74, 6) is -0.527. The molecule has 2 aromatic carbocycles. The molecule has 0 aliphatic carbocycles. The number of nitrogens with zero attached hydrogens (tertiary/aromatic N) is 2. The summed E-state index contributed by atoms with van der Waals surface area (Å²) in [5, 5.41) is 21.2. The Morgan fingerprint density at radius 2 is 1.56 bits per heavy atom. The Balaban J connectivity index is 2.50. The van der Waals surface area contributed by atoms with Crippen molar-refractivity contribution in [1.29, 1.82) is 0 Å². The molecule has 0 radical (unpaired) electrons. The van der Waals surface area contributed by atoms with Crippen LogP contribution in [0, 0.1) is 27.2 Å². The van der Waals surface area contributed by atoms with Crippen LogP contribution in [0.5, 0.6) is 5.75 Å². The van der Waals surface area contributed by atoms with E-state index in [4.69, 9.17) is 27.4 Å². The Labute approximate surface area is 151 Å². The average Bonchev–Trinajstić information content (AvgIpc) is 2.49. The van der Waals surface area contributed by atoms with E-state index in [1.54, 1.807) is 0 Å². The lowest BCUT2D eigenvalue weighted by Crippen LogP contribution is -2.11. The van der Waals surface area contributed by atoms with Crippen molar-refractivity contribution in [3.8, 4) is 5.75 Å². The van der Waals surface area contributed by atoms with Crippen molar-refractivity contribution in [1.82, 2.24) is 0 Å². The van der Waals surface area contributed by atoms with Gasteiger partial charge in [-0.1, -0.05) is 29.3 Å². The molecule has 0 N–H and O–H groups in total. The first kappa shape index (κ1) is 18.9. The van der Waals surface area contributed by atoms with Crippen LogP contribution in [-0.2, 0) is 10.1 Å². The highest BCUT2D eigenvalue weighted by Crippen LogP contribution is 2.37. The highest BCUT2D eigenvalue weighted by Gasteiger charge is 2.25. The molecule has 0 saturated carbocycles. The molecule has 132 valence electrons. The number of nitro benzene ring substituents is 2. The molecule has 2 aromatic rings. The number of rotatable bonds is 5. The second-order valence-electron chi connectivity index (χ2n) is 4.73. The van der Waals surface area contributed by atoms with E-state index in [1.165, 1.54) is 13.0 Å². The molecule has 0 fully saturated rings. The molecule has 0 spiro atoms. The van der Waals surface area contributed by atoms with Crippen LogP contribution >= 0.6 is 23.2 Å². The van der Waals surface area contributed by atoms with Crippen molar-refractivity contribution in [2.45, 2.75) is 11.8 Å². The van der Waals surface area contributed by atoms with E-state index in [2.05, 4.69) is 0 Å². The van der Waals surface area contributed by atoms with Crippen LogP contribution in [0.3, 0.4) is 0 Å². The summed E-state index contributed by atoms with van der Waals surface area (Å²) in [5.41, 5.74) is -0.770. The second-order valence-corrected chi connectivity index (χ2v) is 7.09. The topological polar surface area (TPSA) is 130 Å². The molecule has 0 aromatic heterocycles. The quantitative estimate of drug-likeness (QED) is 0.418. The van der Waals surface area contributed by atoms with Crippen LogP contribution in [0.1, 0.15) is 5.56 Å². The zero-order valence-electron chi connectivity index (χ0n) is 12.3. The minimum absolute atomic E-state index is 0.254. The maximum atomic E-state index is 12.3. The number of hydrogen-bond donors (Lipinski definition) is 0. The molecule has 0 aliphatic rings. The molecule has 2 rings (SSSR count). The average molecular weight is 407 g/mol. The van der Waals surface area contributed by atoms with Crippen molar-refractivity contribution in [3.05, 3.63) is 66.2 Å². The predicted molar refractivity (Wildman–Crippen MR) is 88.8 cm³/mol. The van der Waals surface area contributed by atoms with Gasteiger partial charge in [0, 0.05) is 11.6 Å². The summed E-state index contributed by atoms with van der Waals surface area (Å²) in [7, 11) is -4.52. The summed E-state index contributed by atoms with van der Waals surface area (Å²) in [6.07, 6.45) is 0. The maximum Gasteiger partial charge on any atom is 0.339 e. The van der Waals surface area contributed by atoms with Gasteiger partial charge >= 0.3 is 10.1 Å². The number of benzene rings is 2. The number of hydrogen-bond acceptors (Lipinski definition) is 7. The molecule has 0 bridgehead atoms. The van der Waals surface area contributed by atoms with E-state index in [0.717, 1.165) is 24.3 Å². The van der Waals surface area contributed by atoms with Crippen molar-refractivity contribution in [2.75, 3.05) is 0 Å². The third-order valence-corrected chi connectivity index (χ3v) is 4.89. The van der Waals surface area contributed by atoms with Gasteiger partial charge in [-0.3, -0.25) is 20.2 Å². The Morgan fingerprint density at radius 1 is 0.960 bits per heavy atom. The Morgan fingerprint density at radius 3 is 2.12 bits per heavy atom. The van der Waals surface area contributed by atoms with Crippen LogP contribution < -0.4 is 4.18 Å². The van der Waals surface area contributed by atoms with E-state index in [1.807, 2.05) is 0 Å². The van der Waals surface area contributed by atoms with Gasteiger partial charge in [0.1, 0.15) is 9.92 Å². The fourth-order valence-corrected chi connectivity index (χ4v) is 3.33. The van der Waals surface area contributed by atoms with Gasteiger partial charge in [0.15, 0.2) is 5.75 Å². The lowest BCUT2D eigenvalue weighted by atomic mass is 10.2. The number of aryl methyl sites for hydroxylation is 1. The maximum absolute atomic E-state index is 12.3. The van der Waals surface area contributed by atoms with Gasteiger partial charge in [-0.05, 0) is 19.1 Å². The molecule has 0 saturated heterocycles. The van der Waals surface area contributed by atoms with Crippen molar-refractivity contribution < 1.29 is 22.4 Å². The molecule has 12 heteroatoms. The van der Waals surface area contributed by atoms with E-state index in [-0.39, 0.29) is 15.6 Å². The van der Waals surface area contributed by atoms with E-state index < -0.39 is 42.0 Å². The second kappa shape index (κ2) is 6.82. The van der Waals surface area contributed by atoms with Crippen LogP contribution in [0.2, 0.25) is 10.0 Å². The van der Waals surface area contributed by atoms with E-state index in [9.17, 15) is 28.6 Å². The van der Waals surface area contributed by atoms with Crippen LogP contribution in [0.4, 0.5) is 11.4 Å². The summed E-state index contributed by atoms with van der Waals surface area (Å²) >= 11 is 11.5. The van der Waals surface area contributed by atoms with Gasteiger partial charge in [-0.25, -0.2) is 0 Å². The van der Waals surface area contributed by atoms with Crippen LogP contribution in [-0.4, -0.2) is 18.3 Å². The Hall–Kier alpha value is -2.43. The molecule has 9 nitrogen and oxygen atoms in total. The smallest absolute Gasteiger partial charge is 0.339 e. The number of halogens is 2. The molecular formula is C13H8Cl2N2O7S. The van der Waals surface area contributed by atoms with Crippen LogP contribution in [0.25, 0.3) is 0 Å². The molecule has 0 amide bonds. The van der Waals surface area contributed by atoms with Gasteiger partial charge in [-0.2, -0.15) is 8.42 Å². The zero-order valence-corrected chi connectivity index (χ0v) is 14.6. The molecule has 0 atom stereocenters. The van der Waals surface area contributed by atoms with Gasteiger partial charge in [0.2, 0.25) is 0 Å². The summed E-state index contributed by atoms with van der Waals surface area (Å²) in [4.78, 5) is 19.7. The first-order chi connectivity index (χ1) is 11.5. The highest BCUT2D eigenvalue weighted by atomic mass is 35.5. The van der Waals surface area contributed by atoms with Gasteiger partial charge in [-0.15, -0.1) is 0 Å². The third-order valence-electron chi connectivity index (χ3n) is 3.06. The summed E-state index contributed by atoms with van der Waals surface area (Å²) in [6.45, 7) is 1.44. The third kappa shape index (κ3) is 3.98. The van der Waals surface area contributed by atoms with Crippen LogP contribution in [0.15, 0.2) is 35.2 Å². The van der Waals surface area contributed by atoms with Gasteiger partial charge < -0.3 is 4.18 Å². The minimum Gasteiger partial charge on any atom is -0.377 e. The molecule has 0 heterocycles. The Bertz CT molecular complexity index is 992. The largest absolute Gasteiger partial charge is 0.377 e. The Kier molecular flexibility index (Phi) is 5.16. The minimum atomic E-state index is -4.52. The SMILES string of the molecule is Cc1ccc(S(=O)(=O)Oc2cc([N+](=O)[O-])c(Cl)cc2Cl)cc1[N+](=O)[O-]. The first-order valence-corrected chi connectivity index (χ1v) is 8.52. The summed E-state index contributed by atoms with van der Waals surface area (Å²) < 4.78 is 29.4.